The summed E-state index contributed by atoms with van der Waals surface area (Å²) < 4.78 is 5.30. The minimum Gasteiger partial charge on any atom is -0.452 e. The number of aromatic nitrogens is 1. The molecule has 1 N–H and O–H groups in total. The van der Waals surface area contributed by atoms with Gasteiger partial charge in [-0.05, 0) is 67.0 Å². The zero-order chi connectivity index (χ0) is 21.4. The Morgan fingerprint density at radius 3 is 2.19 bits per heavy atom. The van der Waals surface area contributed by atoms with Crippen molar-refractivity contribution in [3.63, 3.8) is 0 Å². The number of H-pyrrole nitrogens is 1. The number of rotatable bonds is 3. The Kier molecular flexibility index (Phi) is 4.90. The number of anilines is 2. The molecule has 2 aromatic carbocycles. The third kappa shape index (κ3) is 3.54. The third-order valence-electron chi connectivity index (χ3n) is 6.01. The Balaban J connectivity index is 1.41. The van der Waals surface area contributed by atoms with Gasteiger partial charge in [0.05, 0.1) is 11.4 Å². The highest BCUT2D eigenvalue weighted by Gasteiger charge is 2.27. The monoisotopic (exact) mass is 414 g/mol. The van der Waals surface area contributed by atoms with Gasteiger partial charge in [-0.15, -0.1) is 0 Å². The summed E-state index contributed by atoms with van der Waals surface area (Å²) in [5.41, 5.74) is 5.05. The van der Waals surface area contributed by atoms with Crippen molar-refractivity contribution in [1.29, 1.82) is 0 Å². The van der Waals surface area contributed by atoms with Crippen LogP contribution in [0.5, 0.6) is 0 Å². The first-order chi connectivity index (χ1) is 15.1. The Bertz CT molecular complexity index is 1200. The van der Waals surface area contributed by atoms with Crippen LogP contribution in [0.15, 0.2) is 59.4 Å². The van der Waals surface area contributed by atoms with Crippen LogP contribution in [-0.4, -0.2) is 23.5 Å². The van der Waals surface area contributed by atoms with Crippen LogP contribution >= 0.6 is 0 Å². The molecule has 156 valence electrons. The highest BCUT2D eigenvalue weighted by atomic mass is 16.5. The quantitative estimate of drug-likeness (QED) is 0.666. The molecule has 6 heteroatoms. The number of ether oxygens (including phenoxy) is 1. The van der Waals surface area contributed by atoms with Crippen LogP contribution in [0.1, 0.15) is 39.2 Å². The van der Waals surface area contributed by atoms with E-state index in [-0.39, 0.29) is 11.5 Å². The van der Waals surface area contributed by atoms with Gasteiger partial charge in [0.25, 0.3) is 11.5 Å². The maximum Gasteiger partial charge on any atom is 0.344 e. The predicted octanol–water partition coefficient (Wildman–Crippen LogP) is 3.48. The predicted molar refractivity (Wildman–Crippen MR) is 117 cm³/mol. The molecule has 5 rings (SSSR count). The summed E-state index contributed by atoms with van der Waals surface area (Å²) >= 11 is 0. The molecule has 6 nitrogen and oxygen atoms in total. The van der Waals surface area contributed by atoms with Crippen LogP contribution in [0.25, 0.3) is 0 Å². The molecule has 0 atom stereocenters. The molecular formula is C25H22N2O4. The largest absolute Gasteiger partial charge is 0.452 e. The maximum atomic E-state index is 13.2. The molecule has 1 aliphatic heterocycles. The summed E-state index contributed by atoms with van der Waals surface area (Å²) in [6.07, 6.45) is 4.23. The second-order valence-electron chi connectivity index (χ2n) is 7.93. The number of amides is 1. The van der Waals surface area contributed by atoms with E-state index < -0.39 is 18.1 Å². The number of aromatic amines is 1. The molecule has 0 unspecified atom stereocenters. The van der Waals surface area contributed by atoms with Crippen LogP contribution in [0.3, 0.4) is 0 Å². The number of hydrogen-bond donors (Lipinski definition) is 1. The number of nitrogens with one attached hydrogen (secondary N) is 1. The number of benzene rings is 2. The summed E-state index contributed by atoms with van der Waals surface area (Å²) in [5, 5.41) is 0. The van der Waals surface area contributed by atoms with Crippen molar-refractivity contribution < 1.29 is 14.3 Å². The fourth-order valence-electron chi connectivity index (χ4n) is 4.48. The lowest BCUT2D eigenvalue weighted by molar-refractivity contribution is -0.120. The van der Waals surface area contributed by atoms with Crippen LogP contribution in [0, 0.1) is 0 Å². The average Bonchev–Trinajstić information content (AvgIpc) is 3.17. The Morgan fingerprint density at radius 2 is 1.52 bits per heavy atom. The van der Waals surface area contributed by atoms with Gasteiger partial charge < -0.3 is 9.72 Å². The zero-order valence-corrected chi connectivity index (χ0v) is 17.0. The van der Waals surface area contributed by atoms with E-state index in [0.29, 0.717) is 0 Å². The second-order valence-corrected chi connectivity index (χ2v) is 7.93. The number of pyridine rings is 1. The first-order valence-electron chi connectivity index (χ1n) is 10.5. The van der Waals surface area contributed by atoms with E-state index >= 15 is 0 Å². The van der Waals surface area contributed by atoms with Crippen molar-refractivity contribution in [2.45, 2.75) is 32.1 Å². The van der Waals surface area contributed by atoms with Crippen LogP contribution in [-0.2, 0) is 35.2 Å². The van der Waals surface area contributed by atoms with Crippen molar-refractivity contribution in [3.05, 3.63) is 92.9 Å². The van der Waals surface area contributed by atoms with Gasteiger partial charge in [0.15, 0.2) is 6.61 Å². The van der Waals surface area contributed by atoms with Crippen molar-refractivity contribution in [1.82, 2.24) is 4.98 Å². The fourth-order valence-corrected chi connectivity index (χ4v) is 4.48. The number of fused-ring (bicyclic) bond motifs is 3. The number of nitrogens with zero attached hydrogens (tertiary/aromatic N) is 1. The Morgan fingerprint density at radius 1 is 0.871 bits per heavy atom. The number of carbonyl (C=O) groups is 2. The topological polar surface area (TPSA) is 79.5 Å². The zero-order valence-electron chi connectivity index (χ0n) is 17.0. The summed E-state index contributed by atoms with van der Waals surface area (Å²) in [7, 11) is 0. The molecule has 2 aliphatic rings. The van der Waals surface area contributed by atoms with Crippen LogP contribution in [0.2, 0.25) is 0 Å². The Hall–Kier alpha value is -3.67. The minimum atomic E-state index is -0.777. The smallest absolute Gasteiger partial charge is 0.344 e. The molecule has 1 amide bonds. The normalized spacial score (nSPS) is 14.3. The highest BCUT2D eigenvalue weighted by Crippen LogP contribution is 2.36. The SMILES string of the molecule is O=C(OCC(=O)N1c2ccccc2CCc2ccccc21)c1cc2c([nH]c1=O)CCC2. The summed E-state index contributed by atoms with van der Waals surface area (Å²) in [4.78, 5) is 42.5. The lowest BCUT2D eigenvalue weighted by atomic mass is 10.0. The molecule has 0 saturated carbocycles. The molecular weight excluding hydrogens is 392 g/mol. The van der Waals surface area contributed by atoms with Gasteiger partial charge >= 0.3 is 5.97 Å². The number of esters is 1. The molecule has 1 aromatic heterocycles. The summed E-state index contributed by atoms with van der Waals surface area (Å²) in [5.74, 6) is -1.13. The molecule has 0 bridgehead atoms. The van der Waals surface area contributed by atoms with E-state index in [1.165, 1.54) is 0 Å². The molecule has 0 radical (unpaired) electrons. The molecule has 2 heterocycles. The number of carbonyl (C=O) groups excluding carboxylic acids is 2. The van der Waals surface area contributed by atoms with Crippen LogP contribution in [0.4, 0.5) is 11.4 Å². The molecule has 3 aromatic rings. The lowest BCUT2D eigenvalue weighted by Crippen LogP contribution is -2.32. The molecule has 31 heavy (non-hydrogen) atoms. The maximum absolute atomic E-state index is 13.2. The number of para-hydroxylation sites is 2. The van der Waals surface area contributed by atoms with E-state index in [0.717, 1.165) is 65.9 Å². The third-order valence-corrected chi connectivity index (χ3v) is 6.01. The van der Waals surface area contributed by atoms with Crippen molar-refractivity contribution in [2.75, 3.05) is 11.5 Å². The standard InChI is InChI=1S/C25H22N2O4/c28-23(15-31-25(30)19-14-18-8-5-9-20(18)26-24(19)29)27-21-10-3-1-6-16(21)12-13-17-7-2-4-11-22(17)27/h1-4,6-7,10-11,14H,5,8-9,12-13,15H2,(H,26,29). The average molecular weight is 414 g/mol. The Labute approximate surface area is 179 Å². The van der Waals surface area contributed by atoms with Crippen molar-refractivity contribution in [2.24, 2.45) is 0 Å². The fraction of sp³-hybridized carbons (Fsp3) is 0.240. The van der Waals surface area contributed by atoms with E-state index in [1.54, 1.807) is 11.0 Å². The number of hydrogen-bond acceptors (Lipinski definition) is 4. The van der Waals surface area contributed by atoms with Gasteiger partial charge in [-0.3, -0.25) is 14.5 Å². The first-order valence-corrected chi connectivity index (χ1v) is 10.5. The van der Waals surface area contributed by atoms with Crippen molar-refractivity contribution in [3.8, 4) is 0 Å². The molecule has 0 fully saturated rings. The van der Waals surface area contributed by atoms with Gasteiger partial charge in [-0.2, -0.15) is 0 Å². The van der Waals surface area contributed by atoms with E-state index in [9.17, 15) is 14.4 Å². The van der Waals surface area contributed by atoms with Gasteiger partial charge in [0, 0.05) is 5.69 Å². The molecule has 0 spiro atoms. The highest BCUT2D eigenvalue weighted by molar-refractivity contribution is 6.04. The minimum absolute atomic E-state index is 0.0508. The van der Waals surface area contributed by atoms with Gasteiger partial charge in [0.1, 0.15) is 5.56 Å². The van der Waals surface area contributed by atoms with Gasteiger partial charge in [-0.1, -0.05) is 36.4 Å². The summed E-state index contributed by atoms with van der Waals surface area (Å²) in [6, 6.07) is 17.1. The van der Waals surface area contributed by atoms with E-state index in [1.807, 2.05) is 48.5 Å². The lowest BCUT2D eigenvalue weighted by Gasteiger charge is -2.24. The molecule has 0 saturated heterocycles. The van der Waals surface area contributed by atoms with Crippen LogP contribution < -0.4 is 10.5 Å². The second kappa shape index (κ2) is 7.87. The summed E-state index contributed by atoms with van der Waals surface area (Å²) in [6.45, 7) is -0.446. The number of aryl methyl sites for hydroxylation is 4. The van der Waals surface area contributed by atoms with Gasteiger partial charge in [0.2, 0.25) is 0 Å². The first kappa shape index (κ1) is 19.3. The molecule has 1 aliphatic carbocycles. The van der Waals surface area contributed by atoms with E-state index in [4.69, 9.17) is 4.74 Å². The van der Waals surface area contributed by atoms with Crippen molar-refractivity contribution >= 4 is 23.3 Å². The van der Waals surface area contributed by atoms with Gasteiger partial charge in [-0.25, -0.2) is 4.79 Å². The van der Waals surface area contributed by atoms with E-state index in [2.05, 4.69) is 4.98 Å².